The summed E-state index contributed by atoms with van der Waals surface area (Å²) in [6.07, 6.45) is 0. The van der Waals surface area contributed by atoms with Crippen LogP contribution in [-0.4, -0.2) is 15.8 Å². The fourth-order valence-corrected chi connectivity index (χ4v) is 2.35. The average molecular weight is 397 g/mol. The summed E-state index contributed by atoms with van der Waals surface area (Å²) in [5, 5.41) is 13.5. The molecule has 1 amide bonds. The minimum Gasteiger partial charge on any atom is -0.346 e. The van der Waals surface area contributed by atoms with Crippen LogP contribution in [0.25, 0.3) is 0 Å². The van der Waals surface area contributed by atoms with Crippen molar-refractivity contribution in [2.24, 2.45) is 0 Å². The number of hydrogen-bond donors (Lipinski definition) is 1. The first-order valence-corrected chi connectivity index (χ1v) is 7.20. The summed E-state index contributed by atoms with van der Waals surface area (Å²) in [7, 11) is 0. The zero-order valence-electron chi connectivity index (χ0n) is 11.2. The standard InChI is InChI=1S/C14H12IN3O3/c1-9-3-2-4-10(17-9)8-16-14(19)12-7-11(18(20)21)5-6-13(12)15/h2-7H,8H2,1H3,(H,16,19). The van der Waals surface area contributed by atoms with Gasteiger partial charge in [-0.1, -0.05) is 6.07 Å². The van der Waals surface area contributed by atoms with Crippen LogP contribution in [0.5, 0.6) is 0 Å². The summed E-state index contributed by atoms with van der Waals surface area (Å²) in [5.74, 6) is -0.355. The van der Waals surface area contributed by atoms with Crippen LogP contribution in [-0.2, 0) is 6.54 Å². The molecule has 0 spiro atoms. The molecule has 1 N–H and O–H groups in total. The van der Waals surface area contributed by atoms with Crippen LogP contribution in [0, 0.1) is 20.6 Å². The van der Waals surface area contributed by atoms with Gasteiger partial charge in [-0.05, 0) is 47.7 Å². The number of aryl methyl sites for hydroxylation is 1. The lowest BCUT2D eigenvalue weighted by Crippen LogP contribution is -2.24. The van der Waals surface area contributed by atoms with E-state index in [9.17, 15) is 14.9 Å². The molecule has 0 aliphatic heterocycles. The maximum absolute atomic E-state index is 12.1. The number of nitrogens with zero attached hydrogens (tertiary/aromatic N) is 2. The van der Waals surface area contributed by atoms with Gasteiger partial charge in [0.25, 0.3) is 11.6 Å². The molecule has 21 heavy (non-hydrogen) atoms. The van der Waals surface area contributed by atoms with Gasteiger partial charge in [0.15, 0.2) is 0 Å². The molecule has 0 bridgehead atoms. The Morgan fingerprint density at radius 2 is 2.14 bits per heavy atom. The van der Waals surface area contributed by atoms with E-state index in [0.717, 1.165) is 11.4 Å². The second-order valence-electron chi connectivity index (χ2n) is 4.37. The Balaban J connectivity index is 2.13. The van der Waals surface area contributed by atoms with Crippen LogP contribution in [0.2, 0.25) is 0 Å². The smallest absolute Gasteiger partial charge is 0.270 e. The Bertz CT molecular complexity index is 704. The number of benzene rings is 1. The third-order valence-electron chi connectivity index (χ3n) is 2.78. The minimum atomic E-state index is -0.519. The van der Waals surface area contributed by atoms with Gasteiger partial charge in [-0.2, -0.15) is 0 Å². The van der Waals surface area contributed by atoms with E-state index in [1.165, 1.54) is 12.1 Å². The number of halogens is 1. The SMILES string of the molecule is Cc1cccc(CNC(=O)c2cc([N+](=O)[O-])ccc2I)n1. The molecule has 0 saturated carbocycles. The molecule has 2 rings (SSSR count). The summed E-state index contributed by atoms with van der Waals surface area (Å²) >= 11 is 1.98. The van der Waals surface area contributed by atoms with Gasteiger partial charge in [0, 0.05) is 21.4 Å². The van der Waals surface area contributed by atoms with Gasteiger partial charge in [-0.3, -0.25) is 19.9 Å². The van der Waals surface area contributed by atoms with Gasteiger partial charge in [0.1, 0.15) is 0 Å². The summed E-state index contributed by atoms with van der Waals surface area (Å²) in [5.41, 5.74) is 1.79. The van der Waals surface area contributed by atoms with Gasteiger partial charge in [0.2, 0.25) is 0 Å². The largest absolute Gasteiger partial charge is 0.346 e. The number of nitro benzene ring substituents is 1. The number of non-ortho nitro benzene ring substituents is 1. The average Bonchev–Trinajstić information content (AvgIpc) is 2.45. The number of amides is 1. The first kappa shape index (κ1) is 15.4. The number of carbonyl (C=O) groups excluding carboxylic acids is 1. The van der Waals surface area contributed by atoms with E-state index in [0.29, 0.717) is 3.57 Å². The fraction of sp³-hybridized carbons (Fsp3) is 0.143. The van der Waals surface area contributed by atoms with E-state index in [1.54, 1.807) is 6.07 Å². The number of nitro groups is 1. The molecule has 108 valence electrons. The Labute approximate surface area is 134 Å². The zero-order chi connectivity index (χ0) is 15.4. The lowest BCUT2D eigenvalue weighted by atomic mass is 10.2. The van der Waals surface area contributed by atoms with Gasteiger partial charge < -0.3 is 5.32 Å². The predicted molar refractivity (Wildman–Crippen MR) is 86.0 cm³/mol. The number of aromatic nitrogens is 1. The van der Waals surface area contributed by atoms with E-state index in [4.69, 9.17) is 0 Å². The van der Waals surface area contributed by atoms with Crippen molar-refractivity contribution in [1.82, 2.24) is 10.3 Å². The van der Waals surface area contributed by atoms with Crippen molar-refractivity contribution in [3.63, 3.8) is 0 Å². The number of carbonyl (C=O) groups is 1. The van der Waals surface area contributed by atoms with E-state index in [2.05, 4.69) is 10.3 Å². The van der Waals surface area contributed by atoms with Crippen molar-refractivity contribution in [1.29, 1.82) is 0 Å². The molecule has 2 aromatic rings. The molecule has 1 aromatic carbocycles. The minimum absolute atomic E-state index is 0.103. The highest BCUT2D eigenvalue weighted by atomic mass is 127. The van der Waals surface area contributed by atoms with Crippen LogP contribution < -0.4 is 5.32 Å². The normalized spacial score (nSPS) is 10.2. The van der Waals surface area contributed by atoms with Crippen molar-refractivity contribution in [3.05, 3.63) is 67.0 Å². The van der Waals surface area contributed by atoms with Crippen molar-refractivity contribution in [2.75, 3.05) is 0 Å². The summed E-state index contributed by atoms with van der Waals surface area (Å²) in [4.78, 5) is 26.7. The second kappa shape index (κ2) is 6.61. The molecule has 0 saturated heterocycles. The second-order valence-corrected chi connectivity index (χ2v) is 5.54. The molecule has 6 nitrogen and oxygen atoms in total. The molecule has 0 atom stereocenters. The first-order valence-electron chi connectivity index (χ1n) is 6.12. The van der Waals surface area contributed by atoms with E-state index >= 15 is 0 Å². The Morgan fingerprint density at radius 1 is 1.38 bits per heavy atom. The highest BCUT2D eigenvalue weighted by molar-refractivity contribution is 14.1. The third kappa shape index (κ3) is 3.97. The van der Waals surface area contributed by atoms with Crippen molar-refractivity contribution < 1.29 is 9.72 Å². The molecule has 1 aromatic heterocycles. The van der Waals surface area contributed by atoms with E-state index in [1.807, 2.05) is 47.7 Å². The van der Waals surface area contributed by atoms with Gasteiger partial charge in [0.05, 0.1) is 22.7 Å². The third-order valence-corrected chi connectivity index (χ3v) is 3.72. The molecule has 7 heteroatoms. The Kier molecular flexibility index (Phi) is 4.84. The van der Waals surface area contributed by atoms with Crippen molar-refractivity contribution in [3.8, 4) is 0 Å². The number of nitrogens with one attached hydrogen (secondary N) is 1. The van der Waals surface area contributed by atoms with Crippen molar-refractivity contribution >= 4 is 34.2 Å². The molecule has 0 aliphatic rings. The predicted octanol–water partition coefficient (Wildman–Crippen LogP) is 2.83. The molecule has 0 fully saturated rings. The van der Waals surface area contributed by atoms with Gasteiger partial charge in [-0.15, -0.1) is 0 Å². The highest BCUT2D eigenvalue weighted by Gasteiger charge is 2.15. The molecule has 0 radical (unpaired) electrons. The lowest BCUT2D eigenvalue weighted by Gasteiger charge is -2.07. The van der Waals surface area contributed by atoms with E-state index < -0.39 is 4.92 Å². The number of rotatable bonds is 4. The highest BCUT2D eigenvalue weighted by Crippen LogP contribution is 2.19. The Hall–Kier alpha value is -2.03. The zero-order valence-corrected chi connectivity index (χ0v) is 13.3. The quantitative estimate of drug-likeness (QED) is 0.489. The maximum Gasteiger partial charge on any atom is 0.270 e. The van der Waals surface area contributed by atoms with E-state index in [-0.39, 0.29) is 23.7 Å². The van der Waals surface area contributed by atoms with Gasteiger partial charge in [-0.25, -0.2) is 0 Å². The van der Waals surface area contributed by atoms with Gasteiger partial charge >= 0.3 is 0 Å². The van der Waals surface area contributed by atoms with Crippen LogP contribution >= 0.6 is 22.6 Å². The maximum atomic E-state index is 12.1. The summed E-state index contributed by atoms with van der Waals surface area (Å²) < 4.78 is 0.660. The number of pyridine rings is 1. The molecule has 0 unspecified atom stereocenters. The molecular formula is C14H12IN3O3. The summed E-state index contributed by atoms with van der Waals surface area (Å²) in [6, 6.07) is 9.75. The molecule has 0 aliphatic carbocycles. The van der Waals surface area contributed by atoms with Crippen LogP contribution in [0.3, 0.4) is 0 Å². The topological polar surface area (TPSA) is 85.1 Å². The first-order chi connectivity index (χ1) is 9.97. The molecular weight excluding hydrogens is 385 g/mol. The van der Waals surface area contributed by atoms with Crippen LogP contribution in [0.4, 0.5) is 5.69 Å². The summed E-state index contributed by atoms with van der Waals surface area (Å²) in [6.45, 7) is 2.15. The number of hydrogen-bond acceptors (Lipinski definition) is 4. The molecule has 1 heterocycles. The fourth-order valence-electron chi connectivity index (χ4n) is 1.76. The van der Waals surface area contributed by atoms with Crippen LogP contribution in [0.15, 0.2) is 36.4 Å². The lowest BCUT2D eigenvalue weighted by molar-refractivity contribution is -0.384. The monoisotopic (exact) mass is 397 g/mol. The van der Waals surface area contributed by atoms with Crippen LogP contribution in [0.1, 0.15) is 21.7 Å². The Morgan fingerprint density at radius 3 is 2.81 bits per heavy atom. The van der Waals surface area contributed by atoms with Crippen molar-refractivity contribution in [2.45, 2.75) is 13.5 Å².